The molecule has 1 aromatic rings. The van der Waals surface area contributed by atoms with Crippen molar-refractivity contribution in [2.75, 3.05) is 19.8 Å². The van der Waals surface area contributed by atoms with Gasteiger partial charge >= 0.3 is 0 Å². The molecule has 0 bridgehead atoms. The van der Waals surface area contributed by atoms with E-state index in [2.05, 4.69) is 4.98 Å². The molecule has 0 aliphatic carbocycles. The van der Waals surface area contributed by atoms with Crippen molar-refractivity contribution >= 4 is 0 Å². The van der Waals surface area contributed by atoms with E-state index in [1.165, 1.54) is 0 Å². The third kappa shape index (κ3) is 2.93. The van der Waals surface area contributed by atoms with E-state index in [1.54, 1.807) is 12.3 Å². The van der Waals surface area contributed by atoms with Gasteiger partial charge in [-0.25, -0.2) is 4.98 Å². The first-order valence-electron chi connectivity index (χ1n) is 5.65. The second kappa shape index (κ2) is 5.82. The van der Waals surface area contributed by atoms with Gasteiger partial charge in [0.05, 0.1) is 13.2 Å². The zero-order chi connectivity index (χ0) is 11.2. The molecule has 1 fully saturated rings. The predicted octanol–water partition coefficient (Wildman–Crippen LogP) is 1.38. The van der Waals surface area contributed by atoms with Gasteiger partial charge in [-0.3, -0.25) is 0 Å². The second-order valence-corrected chi connectivity index (χ2v) is 3.99. The lowest BCUT2D eigenvalue weighted by Gasteiger charge is -2.22. The van der Waals surface area contributed by atoms with E-state index >= 15 is 0 Å². The van der Waals surface area contributed by atoms with E-state index in [0.717, 1.165) is 31.6 Å². The van der Waals surface area contributed by atoms with Crippen LogP contribution in [0, 0.1) is 5.92 Å². The highest BCUT2D eigenvalue weighted by molar-refractivity contribution is 5.24. The van der Waals surface area contributed by atoms with Crippen LogP contribution < -0.4 is 4.74 Å². The number of hydrogen-bond donors (Lipinski definition) is 1. The molecule has 1 aromatic heterocycles. The van der Waals surface area contributed by atoms with Crippen LogP contribution >= 0.6 is 0 Å². The molecule has 1 saturated heterocycles. The average molecular weight is 223 g/mol. The Hall–Kier alpha value is -1.13. The smallest absolute Gasteiger partial charge is 0.218 e. The Bertz CT molecular complexity index is 324. The molecule has 1 aliphatic rings. The molecule has 0 amide bonds. The molecule has 1 aliphatic heterocycles. The quantitative estimate of drug-likeness (QED) is 0.837. The fourth-order valence-electron chi connectivity index (χ4n) is 1.78. The van der Waals surface area contributed by atoms with Crippen molar-refractivity contribution in [2.24, 2.45) is 5.92 Å². The van der Waals surface area contributed by atoms with Crippen LogP contribution in [0.2, 0.25) is 0 Å². The number of aromatic nitrogens is 1. The summed E-state index contributed by atoms with van der Waals surface area (Å²) in [6.45, 7) is 2.27. The van der Waals surface area contributed by atoms with Gasteiger partial charge in [0.25, 0.3) is 0 Å². The lowest BCUT2D eigenvalue weighted by molar-refractivity contribution is 0.0486. The Labute approximate surface area is 95.2 Å². The molecule has 4 heteroatoms. The van der Waals surface area contributed by atoms with Gasteiger partial charge in [0, 0.05) is 25.0 Å². The van der Waals surface area contributed by atoms with Crippen LogP contribution in [0.15, 0.2) is 18.3 Å². The molecule has 2 rings (SSSR count). The summed E-state index contributed by atoms with van der Waals surface area (Å²) in [6.07, 6.45) is 3.76. The number of pyridine rings is 1. The van der Waals surface area contributed by atoms with Gasteiger partial charge in [-0.15, -0.1) is 0 Å². The van der Waals surface area contributed by atoms with Crippen LogP contribution in [0.3, 0.4) is 0 Å². The van der Waals surface area contributed by atoms with Gasteiger partial charge < -0.3 is 14.6 Å². The van der Waals surface area contributed by atoms with Crippen molar-refractivity contribution in [3.05, 3.63) is 23.9 Å². The molecular formula is C12H17NO3. The number of ether oxygens (including phenoxy) is 2. The number of aliphatic hydroxyl groups is 1. The maximum absolute atomic E-state index is 9.12. The Morgan fingerprint density at radius 2 is 2.25 bits per heavy atom. The standard InChI is InChI=1S/C12H17NO3/c14-8-11-2-1-5-13-12(11)16-9-10-3-6-15-7-4-10/h1-2,5,10,14H,3-4,6-9H2. The molecule has 0 saturated carbocycles. The topological polar surface area (TPSA) is 51.6 Å². The van der Waals surface area contributed by atoms with Gasteiger partial charge in [-0.2, -0.15) is 0 Å². The van der Waals surface area contributed by atoms with E-state index in [4.69, 9.17) is 14.6 Å². The molecule has 88 valence electrons. The largest absolute Gasteiger partial charge is 0.477 e. The van der Waals surface area contributed by atoms with Crippen molar-refractivity contribution < 1.29 is 14.6 Å². The number of rotatable bonds is 4. The third-order valence-corrected chi connectivity index (χ3v) is 2.82. The molecule has 0 atom stereocenters. The van der Waals surface area contributed by atoms with Crippen molar-refractivity contribution in [3.8, 4) is 5.88 Å². The Morgan fingerprint density at radius 1 is 1.44 bits per heavy atom. The molecule has 16 heavy (non-hydrogen) atoms. The highest BCUT2D eigenvalue weighted by atomic mass is 16.5. The maximum atomic E-state index is 9.12. The molecule has 0 spiro atoms. The lowest BCUT2D eigenvalue weighted by Crippen LogP contribution is -2.22. The monoisotopic (exact) mass is 223 g/mol. The SMILES string of the molecule is OCc1cccnc1OCC1CCOCC1. The lowest BCUT2D eigenvalue weighted by atomic mass is 10.0. The predicted molar refractivity (Wildman–Crippen MR) is 59.2 cm³/mol. The van der Waals surface area contributed by atoms with Crippen molar-refractivity contribution in [1.29, 1.82) is 0 Å². The second-order valence-electron chi connectivity index (χ2n) is 3.99. The third-order valence-electron chi connectivity index (χ3n) is 2.82. The van der Waals surface area contributed by atoms with E-state index < -0.39 is 0 Å². The first-order chi connectivity index (χ1) is 7.90. The Balaban J connectivity index is 1.88. The fourth-order valence-corrected chi connectivity index (χ4v) is 1.78. The van der Waals surface area contributed by atoms with Gasteiger partial charge in [-0.1, -0.05) is 0 Å². The minimum Gasteiger partial charge on any atom is -0.477 e. The van der Waals surface area contributed by atoms with E-state index in [-0.39, 0.29) is 6.61 Å². The molecule has 1 N–H and O–H groups in total. The highest BCUT2D eigenvalue weighted by Crippen LogP contribution is 2.19. The van der Waals surface area contributed by atoms with Crippen LogP contribution in [0.5, 0.6) is 5.88 Å². The van der Waals surface area contributed by atoms with Gasteiger partial charge in [0.15, 0.2) is 0 Å². The van der Waals surface area contributed by atoms with Gasteiger partial charge in [-0.05, 0) is 30.9 Å². The maximum Gasteiger partial charge on any atom is 0.218 e. The van der Waals surface area contributed by atoms with Crippen LogP contribution in [0.1, 0.15) is 18.4 Å². The Kier molecular flexibility index (Phi) is 4.13. The van der Waals surface area contributed by atoms with Crippen LogP contribution in [0.25, 0.3) is 0 Å². The fraction of sp³-hybridized carbons (Fsp3) is 0.583. The summed E-state index contributed by atoms with van der Waals surface area (Å²) in [4.78, 5) is 4.12. The van der Waals surface area contributed by atoms with E-state index in [1.807, 2.05) is 6.07 Å². The normalized spacial score (nSPS) is 17.3. The molecule has 0 unspecified atom stereocenters. The summed E-state index contributed by atoms with van der Waals surface area (Å²) < 4.78 is 10.9. The number of aliphatic hydroxyl groups excluding tert-OH is 1. The van der Waals surface area contributed by atoms with E-state index in [0.29, 0.717) is 18.4 Å². The molecule has 4 nitrogen and oxygen atoms in total. The van der Waals surface area contributed by atoms with Crippen LogP contribution in [0.4, 0.5) is 0 Å². The first kappa shape index (κ1) is 11.4. The Morgan fingerprint density at radius 3 is 3.00 bits per heavy atom. The highest BCUT2D eigenvalue weighted by Gasteiger charge is 2.15. The molecular weight excluding hydrogens is 206 g/mol. The van der Waals surface area contributed by atoms with Crippen molar-refractivity contribution in [3.63, 3.8) is 0 Å². The number of nitrogens with zero attached hydrogens (tertiary/aromatic N) is 1. The number of hydrogen-bond acceptors (Lipinski definition) is 4. The minimum atomic E-state index is -0.0308. The summed E-state index contributed by atoms with van der Waals surface area (Å²) in [5.41, 5.74) is 0.745. The molecule has 2 heterocycles. The van der Waals surface area contributed by atoms with Crippen LogP contribution in [-0.2, 0) is 11.3 Å². The van der Waals surface area contributed by atoms with Gasteiger partial charge in [0.1, 0.15) is 0 Å². The summed E-state index contributed by atoms with van der Waals surface area (Å²) in [5, 5.41) is 9.12. The van der Waals surface area contributed by atoms with Crippen molar-refractivity contribution in [1.82, 2.24) is 4.98 Å². The zero-order valence-electron chi connectivity index (χ0n) is 9.26. The zero-order valence-corrected chi connectivity index (χ0v) is 9.26. The summed E-state index contributed by atoms with van der Waals surface area (Å²) >= 11 is 0. The minimum absolute atomic E-state index is 0.0308. The van der Waals surface area contributed by atoms with E-state index in [9.17, 15) is 0 Å². The average Bonchev–Trinajstić information content (AvgIpc) is 2.38. The molecule has 0 aromatic carbocycles. The summed E-state index contributed by atoms with van der Waals surface area (Å²) in [5.74, 6) is 1.10. The first-order valence-corrected chi connectivity index (χ1v) is 5.65. The summed E-state index contributed by atoms with van der Waals surface area (Å²) in [7, 11) is 0. The van der Waals surface area contributed by atoms with Crippen LogP contribution in [-0.4, -0.2) is 29.9 Å². The molecule has 0 radical (unpaired) electrons. The van der Waals surface area contributed by atoms with Gasteiger partial charge in [0.2, 0.25) is 5.88 Å². The van der Waals surface area contributed by atoms with Crippen molar-refractivity contribution in [2.45, 2.75) is 19.4 Å². The summed E-state index contributed by atoms with van der Waals surface area (Å²) in [6, 6.07) is 3.62.